The van der Waals surface area contributed by atoms with Crippen LogP contribution in [0.4, 0.5) is 10.1 Å². The molecule has 0 fully saturated rings. The Balaban J connectivity index is 1.74. The van der Waals surface area contributed by atoms with Crippen molar-refractivity contribution in [3.05, 3.63) is 90.0 Å². The van der Waals surface area contributed by atoms with Crippen LogP contribution in [-0.4, -0.2) is 27.8 Å². The summed E-state index contributed by atoms with van der Waals surface area (Å²) in [5.74, 6) is 0.337. The number of rotatable bonds is 5. The summed E-state index contributed by atoms with van der Waals surface area (Å²) in [6, 6.07) is 20.5. The molecule has 4 rings (SSSR count). The lowest BCUT2D eigenvalue weighted by Gasteiger charge is -2.07. The normalized spacial score (nSPS) is 10.6. The molecule has 150 valence electrons. The van der Waals surface area contributed by atoms with Crippen LogP contribution in [0.15, 0.2) is 72.8 Å². The van der Waals surface area contributed by atoms with E-state index in [2.05, 4.69) is 15.4 Å². The highest BCUT2D eigenvalue weighted by Crippen LogP contribution is 2.23. The minimum absolute atomic E-state index is 0.00616. The number of halogens is 1. The Morgan fingerprint density at radius 1 is 1.03 bits per heavy atom. The molecule has 0 aliphatic rings. The zero-order chi connectivity index (χ0) is 21.1. The van der Waals surface area contributed by atoms with Crippen molar-refractivity contribution in [1.29, 1.82) is 0 Å². The third-order valence-electron chi connectivity index (χ3n) is 4.51. The number of benzene rings is 3. The molecule has 0 saturated heterocycles. The molecule has 3 aromatic carbocycles. The number of carbonyl (C=O) groups excluding carboxylic acids is 1. The first kappa shape index (κ1) is 19.3. The number of nitrogens with one attached hydrogen (secondary N) is 1. The van der Waals surface area contributed by atoms with Gasteiger partial charge in [-0.05, 0) is 73.2 Å². The number of ether oxygens (including phenoxy) is 1. The predicted molar refractivity (Wildman–Crippen MR) is 112 cm³/mol. The van der Waals surface area contributed by atoms with Gasteiger partial charge in [-0.3, -0.25) is 4.79 Å². The third-order valence-corrected chi connectivity index (χ3v) is 4.51. The summed E-state index contributed by atoms with van der Waals surface area (Å²) in [5.41, 5.74) is 3.01. The summed E-state index contributed by atoms with van der Waals surface area (Å²) in [7, 11) is 1.59. The molecule has 0 radical (unpaired) electrons. The van der Waals surface area contributed by atoms with Gasteiger partial charge in [0.25, 0.3) is 5.91 Å². The Morgan fingerprint density at radius 3 is 2.43 bits per heavy atom. The Morgan fingerprint density at radius 2 is 1.77 bits per heavy atom. The minimum Gasteiger partial charge on any atom is -0.497 e. The summed E-state index contributed by atoms with van der Waals surface area (Å²) in [4.78, 5) is 17.2. The summed E-state index contributed by atoms with van der Waals surface area (Å²) >= 11 is 0. The van der Waals surface area contributed by atoms with Gasteiger partial charge in [0.05, 0.1) is 12.8 Å². The first-order valence-electron chi connectivity index (χ1n) is 9.29. The van der Waals surface area contributed by atoms with Gasteiger partial charge in [0.2, 0.25) is 5.82 Å². The molecule has 0 atom stereocenters. The maximum absolute atomic E-state index is 13.4. The van der Waals surface area contributed by atoms with Crippen molar-refractivity contribution in [1.82, 2.24) is 14.8 Å². The van der Waals surface area contributed by atoms with Crippen molar-refractivity contribution in [2.24, 2.45) is 0 Å². The molecular weight excluding hydrogens is 383 g/mol. The summed E-state index contributed by atoms with van der Waals surface area (Å²) in [5, 5.41) is 7.22. The molecule has 4 aromatic rings. The summed E-state index contributed by atoms with van der Waals surface area (Å²) < 4.78 is 20.2. The molecule has 30 heavy (non-hydrogen) atoms. The molecule has 0 saturated carbocycles. The van der Waals surface area contributed by atoms with Gasteiger partial charge >= 0.3 is 0 Å². The summed E-state index contributed by atoms with van der Waals surface area (Å²) in [6.07, 6.45) is 0. The fourth-order valence-corrected chi connectivity index (χ4v) is 3.01. The number of hydrogen-bond acceptors (Lipinski definition) is 4. The van der Waals surface area contributed by atoms with Crippen LogP contribution in [0.25, 0.3) is 17.1 Å². The quantitative estimate of drug-likeness (QED) is 0.528. The highest BCUT2D eigenvalue weighted by Gasteiger charge is 2.19. The molecule has 0 unspecified atom stereocenters. The highest BCUT2D eigenvalue weighted by molar-refractivity contribution is 6.01. The lowest BCUT2D eigenvalue weighted by molar-refractivity contribution is 0.101. The molecule has 0 aliphatic heterocycles. The van der Waals surface area contributed by atoms with E-state index in [1.54, 1.807) is 42.1 Å². The molecular formula is C23H19FN4O2. The smallest absolute Gasteiger partial charge is 0.295 e. The summed E-state index contributed by atoms with van der Waals surface area (Å²) in [6.45, 7) is 1.94. The van der Waals surface area contributed by atoms with Gasteiger partial charge in [0.15, 0.2) is 5.82 Å². The van der Waals surface area contributed by atoms with Crippen molar-refractivity contribution in [3.63, 3.8) is 0 Å². The van der Waals surface area contributed by atoms with Crippen LogP contribution in [0.5, 0.6) is 5.75 Å². The Hall–Kier alpha value is -4.00. The second-order valence-electron chi connectivity index (χ2n) is 6.70. The molecule has 6 nitrogen and oxygen atoms in total. The number of aromatic nitrogens is 3. The molecule has 1 amide bonds. The maximum Gasteiger partial charge on any atom is 0.295 e. The van der Waals surface area contributed by atoms with Crippen LogP contribution >= 0.6 is 0 Å². The molecule has 7 heteroatoms. The largest absolute Gasteiger partial charge is 0.497 e. The molecule has 1 N–H and O–H groups in total. The average molecular weight is 402 g/mol. The van der Waals surface area contributed by atoms with Crippen molar-refractivity contribution in [2.45, 2.75) is 6.92 Å². The fraction of sp³-hybridized carbons (Fsp3) is 0.0870. The molecule has 0 aliphatic carbocycles. The topological polar surface area (TPSA) is 69.0 Å². The van der Waals surface area contributed by atoms with E-state index in [4.69, 9.17) is 4.74 Å². The van der Waals surface area contributed by atoms with Crippen LogP contribution in [0.1, 0.15) is 16.2 Å². The number of carbonyl (C=O) groups is 1. The van der Waals surface area contributed by atoms with Gasteiger partial charge < -0.3 is 10.1 Å². The molecule has 0 spiro atoms. The number of anilines is 1. The van der Waals surface area contributed by atoms with Crippen molar-refractivity contribution in [2.75, 3.05) is 12.4 Å². The number of aryl methyl sites for hydroxylation is 1. The van der Waals surface area contributed by atoms with Gasteiger partial charge in [0.1, 0.15) is 11.6 Å². The predicted octanol–water partition coefficient (Wildman–Crippen LogP) is 4.64. The second kappa shape index (κ2) is 8.16. The van der Waals surface area contributed by atoms with E-state index in [9.17, 15) is 9.18 Å². The zero-order valence-electron chi connectivity index (χ0n) is 16.5. The van der Waals surface area contributed by atoms with Crippen LogP contribution in [0.2, 0.25) is 0 Å². The molecule has 1 heterocycles. The SMILES string of the molecule is COc1ccc(-n2nc(C(=O)Nc3cccc(C)c3)nc2-c2ccc(F)cc2)cc1. The minimum atomic E-state index is -0.434. The fourth-order valence-electron chi connectivity index (χ4n) is 3.01. The third kappa shape index (κ3) is 4.05. The van der Waals surface area contributed by atoms with Gasteiger partial charge in [-0.25, -0.2) is 14.1 Å². The van der Waals surface area contributed by atoms with Crippen LogP contribution in [-0.2, 0) is 0 Å². The maximum atomic E-state index is 13.4. The van der Waals surface area contributed by atoms with E-state index in [0.29, 0.717) is 28.5 Å². The standard InChI is InChI=1S/C23H19FN4O2/c1-15-4-3-5-18(14-15)25-23(29)21-26-22(16-6-8-17(24)9-7-16)28(27-21)19-10-12-20(30-2)13-11-19/h3-14H,1-2H3,(H,25,29). The number of methoxy groups -OCH3 is 1. The lowest BCUT2D eigenvalue weighted by atomic mass is 10.2. The van der Waals surface area contributed by atoms with E-state index >= 15 is 0 Å². The second-order valence-corrected chi connectivity index (χ2v) is 6.70. The van der Waals surface area contributed by atoms with E-state index in [1.165, 1.54) is 12.1 Å². The van der Waals surface area contributed by atoms with Crippen molar-refractivity contribution in [3.8, 4) is 22.8 Å². The van der Waals surface area contributed by atoms with E-state index in [1.807, 2.05) is 37.3 Å². The first-order valence-corrected chi connectivity index (χ1v) is 9.29. The van der Waals surface area contributed by atoms with E-state index < -0.39 is 5.91 Å². The van der Waals surface area contributed by atoms with E-state index in [-0.39, 0.29) is 11.6 Å². The number of nitrogens with zero attached hydrogens (tertiary/aromatic N) is 3. The van der Waals surface area contributed by atoms with Crippen molar-refractivity contribution < 1.29 is 13.9 Å². The van der Waals surface area contributed by atoms with Gasteiger partial charge in [0, 0.05) is 11.3 Å². The lowest BCUT2D eigenvalue weighted by Crippen LogP contribution is -2.14. The monoisotopic (exact) mass is 402 g/mol. The Bertz CT molecular complexity index is 1180. The van der Waals surface area contributed by atoms with E-state index in [0.717, 1.165) is 5.56 Å². The Kier molecular flexibility index (Phi) is 5.26. The van der Waals surface area contributed by atoms with Gasteiger partial charge in [-0.2, -0.15) is 0 Å². The molecule has 1 aromatic heterocycles. The van der Waals surface area contributed by atoms with Gasteiger partial charge in [-0.1, -0.05) is 12.1 Å². The first-order chi connectivity index (χ1) is 14.5. The number of hydrogen-bond donors (Lipinski definition) is 1. The zero-order valence-corrected chi connectivity index (χ0v) is 16.5. The van der Waals surface area contributed by atoms with Gasteiger partial charge in [-0.15, -0.1) is 5.10 Å². The number of amides is 1. The van der Waals surface area contributed by atoms with Crippen LogP contribution < -0.4 is 10.1 Å². The average Bonchev–Trinajstić information content (AvgIpc) is 3.20. The Labute approximate surface area is 173 Å². The van der Waals surface area contributed by atoms with Crippen LogP contribution in [0.3, 0.4) is 0 Å². The highest BCUT2D eigenvalue weighted by atomic mass is 19.1. The van der Waals surface area contributed by atoms with Crippen molar-refractivity contribution >= 4 is 11.6 Å². The molecule has 0 bridgehead atoms. The van der Waals surface area contributed by atoms with Crippen LogP contribution in [0, 0.1) is 12.7 Å².